The fourth-order valence-electron chi connectivity index (χ4n) is 3.28. The number of halogens is 1. The van der Waals surface area contributed by atoms with E-state index in [1.54, 1.807) is 45.8 Å². The highest BCUT2D eigenvalue weighted by atomic mass is 79.9. The Morgan fingerprint density at radius 2 is 1.69 bits per heavy atom. The third-order valence-electron chi connectivity index (χ3n) is 4.96. The molecule has 0 unspecified atom stereocenters. The minimum absolute atomic E-state index is 0.337. The molecule has 0 aliphatic carbocycles. The van der Waals surface area contributed by atoms with Crippen LogP contribution >= 0.6 is 27.3 Å². The number of ether oxygens (including phenoxy) is 3. The molecule has 0 bridgehead atoms. The van der Waals surface area contributed by atoms with Crippen molar-refractivity contribution in [3.8, 4) is 17.2 Å². The summed E-state index contributed by atoms with van der Waals surface area (Å²) in [6, 6.07) is 18.9. The van der Waals surface area contributed by atoms with Crippen molar-refractivity contribution in [3.63, 3.8) is 0 Å². The summed E-state index contributed by atoms with van der Waals surface area (Å²) in [7, 11) is 4.63. The van der Waals surface area contributed by atoms with Gasteiger partial charge >= 0.3 is 0 Å². The molecule has 0 spiro atoms. The fraction of sp³-hybridized carbons (Fsp3) is 0.115. The van der Waals surface area contributed by atoms with Gasteiger partial charge in [-0.3, -0.25) is 4.79 Å². The van der Waals surface area contributed by atoms with Crippen LogP contribution in [0.2, 0.25) is 0 Å². The molecule has 0 saturated carbocycles. The van der Waals surface area contributed by atoms with Crippen LogP contribution in [0.5, 0.6) is 17.2 Å². The Labute approximate surface area is 215 Å². The molecule has 4 rings (SSSR count). The predicted molar refractivity (Wildman–Crippen MR) is 144 cm³/mol. The predicted octanol–water partition coefficient (Wildman–Crippen LogP) is 6.17. The Hall–Kier alpha value is -3.69. The second-order valence-corrected chi connectivity index (χ2v) is 9.13. The van der Waals surface area contributed by atoms with Gasteiger partial charge in [-0.1, -0.05) is 57.6 Å². The summed E-state index contributed by atoms with van der Waals surface area (Å²) in [6.45, 7) is 0. The Morgan fingerprint density at radius 3 is 2.34 bits per heavy atom. The van der Waals surface area contributed by atoms with Crippen molar-refractivity contribution in [3.05, 3.63) is 82.3 Å². The molecule has 1 heterocycles. The average molecular weight is 552 g/mol. The summed E-state index contributed by atoms with van der Waals surface area (Å²) in [5.41, 5.74) is 2.34. The summed E-state index contributed by atoms with van der Waals surface area (Å²) in [6.07, 6.45) is 4.78. The molecular weight excluding hydrogens is 530 g/mol. The molecule has 0 fully saturated rings. The van der Waals surface area contributed by atoms with Gasteiger partial charge in [0.15, 0.2) is 11.5 Å². The van der Waals surface area contributed by atoms with Gasteiger partial charge < -0.3 is 14.2 Å². The monoisotopic (exact) mass is 551 g/mol. The Kier molecular flexibility index (Phi) is 7.79. The Morgan fingerprint density at radius 1 is 0.971 bits per heavy atom. The topological polar surface area (TPSA) is 73.2 Å². The minimum Gasteiger partial charge on any atom is -0.493 e. The standard InChI is InChI=1S/C26H22BrN3O4S/c1-32-21-13-18(14-22(33-2)25(21)34-3)16-28-30(24(31)12-9-17-7-5-4-6-8-17)26-29-20-11-10-19(27)15-23(20)35-26/h4-16H,1-3H3/b12-9+,28-16+. The number of thiazole rings is 1. The fourth-order valence-corrected chi connectivity index (χ4v) is 4.76. The summed E-state index contributed by atoms with van der Waals surface area (Å²) < 4.78 is 18.1. The SMILES string of the molecule is COc1cc(/C=N/N(C(=O)/C=C/c2ccccc2)c2nc3ccc(Br)cc3s2)cc(OC)c1OC. The number of anilines is 1. The van der Waals surface area contributed by atoms with Gasteiger partial charge in [0.25, 0.3) is 5.91 Å². The number of hydrazone groups is 1. The summed E-state index contributed by atoms with van der Waals surface area (Å²) in [4.78, 5) is 17.9. The van der Waals surface area contributed by atoms with Crippen molar-refractivity contribution < 1.29 is 19.0 Å². The van der Waals surface area contributed by atoms with Crippen LogP contribution in [0, 0.1) is 0 Å². The number of hydrogen-bond acceptors (Lipinski definition) is 7. The zero-order valence-corrected chi connectivity index (χ0v) is 21.7. The van der Waals surface area contributed by atoms with E-state index in [1.807, 2.05) is 48.5 Å². The second kappa shape index (κ2) is 11.2. The lowest BCUT2D eigenvalue weighted by Crippen LogP contribution is -2.23. The molecule has 1 aromatic heterocycles. The molecule has 3 aromatic carbocycles. The first-order valence-electron chi connectivity index (χ1n) is 10.5. The van der Waals surface area contributed by atoms with Crippen LogP contribution in [0.25, 0.3) is 16.3 Å². The summed E-state index contributed by atoms with van der Waals surface area (Å²) >= 11 is 4.86. The van der Waals surface area contributed by atoms with Crippen molar-refractivity contribution in [2.24, 2.45) is 5.10 Å². The number of methoxy groups -OCH3 is 3. The van der Waals surface area contributed by atoms with Crippen LogP contribution in [0.15, 0.2) is 76.3 Å². The van der Waals surface area contributed by atoms with Crippen LogP contribution in [0.1, 0.15) is 11.1 Å². The highest BCUT2D eigenvalue weighted by Crippen LogP contribution is 2.38. The molecule has 35 heavy (non-hydrogen) atoms. The number of nitrogens with zero attached hydrogens (tertiary/aromatic N) is 3. The lowest BCUT2D eigenvalue weighted by atomic mass is 10.2. The van der Waals surface area contributed by atoms with Crippen molar-refractivity contribution in [1.82, 2.24) is 4.98 Å². The maximum absolute atomic E-state index is 13.2. The molecule has 7 nitrogen and oxygen atoms in total. The summed E-state index contributed by atoms with van der Waals surface area (Å²) in [5.74, 6) is 1.11. The number of aromatic nitrogens is 1. The van der Waals surface area contributed by atoms with Gasteiger partial charge in [0.2, 0.25) is 10.9 Å². The van der Waals surface area contributed by atoms with Crippen LogP contribution < -0.4 is 19.2 Å². The second-order valence-electron chi connectivity index (χ2n) is 7.21. The zero-order valence-electron chi connectivity index (χ0n) is 19.3. The molecule has 0 aliphatic heterocycles. The minimum atomic E-state index is -0.337. The highest BCUT2D eigenvalue weighted by Gasteiger charge is 2.18. The normalized spacial score (nSPS) is 11.3. The third kappa shape index (κ3) is 5.70. The van der Waals surface area contributed by atoms with Crippen molar-refractivity contribution in [2.75, 3.05) is 26.3 Å². The highest BCUT2D eigenvalue weighted by molar-refractivity contribution is 9.10. The van der Waals surface area contributed by atoms with Crippen molar-refractivity contribution >= 4 is 60.8 Å². The number of carbonyl (C=O) groups is 1. The van der Waals surface area contributed by atoms with Crippen molar-refractivity contribution in [1.29, 1.82) is 0 Å². The molecule has 0 saturated heterocycles. The quantitative estimate of drug-likeness (QED) is 0.149. The van der Waals surface area contributed by atoms with E-state index in [4.69, 9.17) is 14.2 Å². The van der Waals surface area contributed by atoms with Gasteiger partial charge in [-0.05, 0) is 42.0 Å². The van der Waals surface area contributed by atoms with Gasteiger partial charge in [0.05, 0.1) is 37.8 Å². The van der Waals surface area contributed by atoms with Gasteiger partial charge in [-0.2, -0.15) is 10.1 Å². The summed E-state index contributed by atoms with van der Waals surface area (Å²) in [5, 5.41) is 6.22. The van der Waals surface area contributed by atoms with E-state index in [1.165, 1.54) is 22.4 Å². The smallest absolute Gasteiger partial charge is 0.273 e. The van der Waals surface area contributed by atoms with Gasteiger partial charge in [-0.25, -0.2) is 4.98 Å². The number of fused-ring (bicyclic) bond motifs is 1. The molecule has 0 atom stereocenters. The Balaban J connectivity index is 1.73. The lowest BCUT2D eigenvalue weighted by Gasteiger charge is -2.14. The maximum atomic E-state index is 13.2. The number of carbonyl (C=O) groups excluding carboxylic acids is 1. The number of amides is 1. The van der Waals surface area contributed by atoms with Crippen LogP contribution in [0.4, 0.5) is 5.13 Å². The van der Waals surface area contributed by atoms with Gasteiger partial charge in [0, 0.05) is 16.1 Å². The van der Waals surface area contributed by atoms with E-state index in [-0.39, 0.29) is 5.91 Å². The Bertz CT molecular complexity index is 1380. The number of benzene rings is 3. The van der Waals surface area contributed by atoms with E-state index in [0.717, 1.165) is 20.3 Å². The molecule has 4 aromatic rings. The van der Waals surface area contributed by atoms with Crippen LogP contribution in [-0.4, -0.2) is 38.4 Å². The van der Waals surface area contributed by atoms with E-state index in [2.05, 4.69) is 26.0 Å². The molecule has 0 radical (unpaired) electrons. The van der Waals surface area contributed by atoms with E-state index < -0.39 is 0 Å². The molecular formula is C26H22BrN3O4S. The van der Waals surface area contributed by atoms with Gasteiger partial charge in [0.1, 0.15) is 0 Å². The number of rotatable bonds is 8. The van der Waals surface area contributed by atoms with Gasteiger partial charge in [-0.15, -0.1) is 0 Å². The lowest BCUT2D eigenvalue weighted by molar-refractivity contribution is -0.114. The van der Waals surface area contributed by atoms with Crippen molar-refractivity contribution in [2.45, 2.75) is 0 Å². The van der Waals surface area contributed by atoms with Crippen LogP contribution in [-0.2, 0) is 4.79 Å². The molecule has 0 aliphatic rings. The van der Waals surface area contributed by atoms with E-state index >= 15 is 0 Å². The molecule has 9 heteroatoms. The first kappa shape index (κ1) is 24.4. The largest absolute Gasteiger partial charge is 0.493 e. The number of hydrogen-bond donors (Lipinski definition) is 0. The average Bonchev–Trinajstić information content (AvgIpc) is 3.30. The first-order valence-corrected chi connectivity index (χ1v) is 12.1. The maximum Gasteiger partial charge on any atom is 0.273 e. The zero-order chi connectivity index (χ0) is 24.8. The van der Waals surface area contributed by atoms with Crippen LogP contribution in [0.3, 0.4) is 0 Å². The molecule has 0 N–H and O–H groups in total. The first-order chi connectivity index (χ1) is 17.0. The molecule has 1 amide bonds. The van der Waals surface area contributed by atoms with E-state index in [9.17, 15) is 4.79 Å². The third-order valence-corrected chi connectivity index (χ3v) is 6.44. The molecule has 178 valence electrons. The van der Waals surface area contributed by atoms with E-state index in [0.29, 0.717) is 27.9 Å².